The fraction of sp³-hybridized carbons (Fsp3) is 0.250. The Labute approximate surface area is 176 Å². The molecule has 8 heteroatoms. The zero-order valence-electron chi connectivity index (χ0n) is 15.4. The van der Waals surface area contributed by atoms with E-state index in [1.165, 1.54) is 29.0 Å². The first kappa shape index (κ1) is 22.3. The number of halogens is 3. The van der Waals surface area contributed by atoms with Gasteiger partial charge < -0.3 is 14.4 Å². The normalized spacial score (nSPS) is 11.6. The summed E-state index contributed by atoms with van der Waals surface area (Å²) in [4.78, 5) is 6.45. The molecule has 1 heterocycles. The maximum absolute atomic E-state index is 12.3. The Hall–Kier alpha value is -2.03. The van der Waals surface area contributed by atoms with Crippen LogP contribution in [0.1, 0.15) is 10.4 Å². The third kappa shape index (κ3) is 5.27. The average molecular weight is 471 g/mol. The van der Waals surface area contributed by atoms with Gasteiger partial charge in [0.1, 0.15) is 5.75 Å². The number of hydrogen-bond acceptors (Lipinski definition) is 4. The first-order valence-corrected chi connectivity index (χ1v) is 9.27. The fourth-order valence-corrected chi connectivity index (χ4v) is 3.84. The second kappa shape index (κ2) is 9.95. The summed E-state index contributed by atoms with van der Waals surface area (Å²) in [6.07, 6.45) is 0. The summed E-state index contributed by atoms with van der Waals surface area (Å²) in [5, 5.41) is 9.51. The number of benzene rings is 2. The maximum Gasteiger partial charge on any atom is 0.387 e. The second-order valence-electron chi connectivity index (χ2n) is 6.01. The Morgan fingerprint density at radius 2 is 1.71 bits per heavy atom. The Kier molecular flexibility index (Phi) is 7.91. The Morgan fingerprint density at radius 3 is 2.29 bits per heavy atom. The van der Waals surface area contributed by atoms with Gasteiger partial charge in [0.05, 0.1) is 18.0 Å². The molecular formula is C20H21BrF2N2O2S. The minimum Gasteiger partial charge on any atom is -0.435 e. The third-order valence-electron chi connectivity index (χ3n) is 4.01. The molecule has 0 amide bonds. The molecule has 0 aliphatic heterocycles. The van der Waals surface area contributed by atoms with Crippen molar-refractivity contribution in [2.45, 2.75) is 27.0 Å². The Bertz CT molecular complexity index is 967. The maximum atomic E-state index is 12.3. The van der Waals surface area contributed by atoms with Crippen LogP contribution in [0.2, 0.25) is 0 Å². The van der Waals surface area contributed by atoms with Crippen molar-refractivity contribution in [3.05, 3.63) is 63.8 Å². The molecule has 0 fully saturated rings. The molecule has 2 aromatic carbocycles. The molecule has 0 radical (unpaired) electrons. The minimum absolute atomic E-state index is 0. The number of thiazole rings is 1. The zero-order chi connectivity index (χ0) is 19.4. The molecule has 0 saturated carbocycles. The summed E-state index contributed by atoms with van der Waals surface area (Å²) >= 11 is 1.52. The van der Waals surface area contributed by atoms with Gasteiger partial charge in [-0.2, -0.15) is 8.78 Å². The molecule has 0 aliphatic rings. The molecule has 0 unspecified atom stereocenters. The van der Waals surface area contributed by atoms with Crippen molar-refractivity contribution in [2.24, 2.45) is 4.99 Å². The monoisotopic (exact) mass is 470 g/mol. The Balaban J connectivity index is 0.00000280. The molecule has 28 heavy (non-hydrogen) atoms. The molecule has 4 nitrogen and oxygen atoms in total. The molecule has 1 aromatic heterocycles. The van der Waals surface area contributed by atoms with Gasteiger partial charge in [-0.3, -0.25) is 0 Å². The van der Waals surface area contributed by atoms with Crippen LogP contribution in [0.4, 0.5) is 14.5 Å². The summed E-state index contributed by atoms with van der Waals surface area (Å²) in [6.45, 7) is 1.61. The SMILES string of the molecule is Br.Cc1ccc(-c2c(C)sc(=Nc3ccc(OC(F)F)cc3)n2CCO)cc1. The van der Waals surface area contributed by atoms with Gasteiger partial charge in [0.2, 0.25) is 0 Å². The summed E-state index contributed by atoms with van der Waals surface area (Å²) in [6, 6.07) is 14.4. The topological polar surface area (TPSA) is 46.8 Å². The van der Waals surface area contributed by atoms with Gasteiger partial charge in [-0.25, -0.2) is 4.99 Å². The van der Waals surface area contributed by atoms with Gasteiger partial charge in [0.15, 0.2) is 4.80 Å². The molecule has 0 saturated heterocycles. The second-order valence-corrected chi connectivity index (χ2v) is 7.20. The van der Waals surface area contributed by atoms with E-state index in [0.29, 0.717) is 12.2 Å². The lowest BCUT2D eigenvalue weighted by Crippen LogP contribution is -2.18. The molecule has 0 atom stereocenters. The van der Waals surface area contributed by atoms with Crippen LogP contribution in [-0.4, -0.2) is 22.9 Å². The van der Waals surface area contributed by atoms with E-state index in [-0.39, 0.29) is 29.3 Å². The van der Waals surface area contributed by atoms with E-state index < -0.39 is 6.61 Å². The van der Waals surface area contributed by atoms with E-state index in [9.17, 15) is 13.9 Å². The number of ether oxygens (including phenoxy) is 1. The van der Waals surface area contributed by atoms with Gasteiger partial charge in [0.25, 0.3) is 0 Å². The molecule has 150 valence electrons. The van der Waals surface area contributed by atoms with E-state index >= 15 is 0 Å². The summed E-state index contributed by atoms with van der Waals surface area (Å²) in [7, 11) is 0. The number of hydrogen-bond donors (Lipinski definition) is 1. The zero-order valence-corrected chi connectivity index (χ0v) is 18.0. The van der Waals surface area contributed by atoms with Gasteiger partial charge >= 0.3 is 6.61 Å². The third-order valence-corrected chi connectivity index (χ3v) is 5.01. The first-order chi connectivity index (χ1) is 13.0. The van der Waals surface area contributed by atoms with Crippen LogP contribution in [-0.2, 0) is 6.54 Å². The van der Waals surface area contributed by atoms with Crippen LogP contribution >= 0.6 is 28.3 Å². The number of rotatable bonds is 6. The van der Waals surface area contributed by atoms with Crippen molar-refractivity contribution < 1.29 is 18.6 Å². The molecule has 1 N–H and O–H groups in total. The van der Waals surface area contributed by atoms with Gasteiger partial charge in [0, 0.05) is 11.4 Å². The minimum atomic E-state index is -2.85. The summed E-state index contributed by atoms with van der Waals surface area (Å²) in [5.41, 5.74) is 3.88. The molecule has 0 aliphatic carbocycles. The lowest BCUT2D eigenvalue weighted by atomic mass is 10.1. The van der Waals surface area contributed by atoms with Crippen LogP contribution in [0.3, 0.4) is 0 Å². The lowest BCUT2D eigenvalue weighted by molar-refractivity contribution is -0.0498. The van der Waals surface area contributed by atoms with E-state index in [0.717, 1.165) is 20.9 Å². The highest BCUT2D eigenvalue weighted by Gasteiger charge is 2.12. The smallest absolute Gasteiger partial charge is 0.387 e. The van der Waals surface area contributed by atoms with Crippen LogP contribution in [0.15, 0.2) is 53.5 Å². The lowest BCUT2D eigenvalue weighted by Gasteiger charge is -2.09. The van der Waals surface area contributed by atoms with Crippen LogP contribution in [0.5, 0.6) is 5.75 Å². The first-order valence-electron chi connectivity index (χ1n) is 8.45. The largest absolute Gasteiger partial charge is 0.435 e. The van der Waals surface area contributed by atoms with Gasteiger partial charge in [-0.05, 0) is 43.7 Å². The quantitative estimate of drug-likeness (QED) is 0.535. The standard InChI is InChI=1S/C20H20F2N2O2S.BrH/c1-13-3-5-15(6-4-13)18-14(2)27-20(24(18)11-12-25)23-16-7-9-17(10-8-16)26-19(21)22;/h3-10,19,25H,11-12H2,1-2H3;1H. The number of aliphatic hydroxyl groups excluding tert-OH is 1. The number of aliphatic hydroxyl groups is 1. The number of alkyl halides is 2. The molecule has 3 rings (SSSR count). The predicted molar refractivity (Wildman–Crippen MR) is 113 cm³/mol. The summed E-state index contributed by atoms with van der Waals surface area (Å²) in [5.74, 6) is 0.0925. The van der Waals surface area contributed by atoms with Crippen LogP contribution < -0.4 is 9.54 Å². The van der Waals surface area contributed by atoms with E-state index in [4.69, 9.17) is 0 Å². The number of nitrogens with zero attached hydrogens (tertiary/aromatic N) is 2. The molecule has 0 bridgehead atoms. The number of aromatic nitrogens is 1. The van der Waals surface area contributed by atoms with E-state index in [1.807, 2.05) is 30.5 Å². The van der Waals surface area contributed by atoms with Crippen molar-refractivity contribution >= 4 is 34.0 Å². The van der Waals surface area contributed by atoms with Crippen LogP contribution in [0, 0.1) is 13.8 Å². The van der Waals surface area contributed by atoms with E-state index in [1.54, 1.807) is 12.1 Å². The average Bonchev–Trinajstić information content (AvgIpc) is 2.93. The fourth-order valence-electron chi connectivity index (χ4n) is 2.80. The van der Waals surface area contributed by atoms with Gasteiger partial charge in [-0.15, -0.1) is 28.3 Å². The van der Waals surface area contributed by atoms with Crippen molar-refractivity contribution in [3.63, 3.8) is 0 Å². The number of aryl methyl sites for hydroxylation is 2. The molecular weight excluding hydrogens is 450 g/mol. The van der Waals surface area contributed by atoms with Crippen molar-refractivity contribution in [1.29, 1.82) is 0 Å². The van der Waals surface area contributed by atoms with Crippen molar-refractivity contribution in [2.75, 3.05) is 6.61 Å². The molecule has 3 aromatic rings. The van der Waals surface area contributed by atoms with Crippen LogP contribution in [0.25, 0.3) is 11.3 Å². The Morgan fingerprint density at radius 1 is 1.07 bits per heavy atom. The predicted octanol–water partition coefficient (Wildman–Crippen LogP) is 5.24. The molecule has 0 spiro atoms. The van der Waals surface area contributed by atoms with Gasteiger partial charge in [-0.1, -0.05) is 29.8 Å². The highest BCUT2D eigenvalue weighted by Crippen LogP contribution is 2.26. The summed E-state index contributed by atoms with van der Waals surface area (Å²) < 4.78 is 30.9. The van der Waals surface area contributed by atoms with Crippen molar-refractivity contribution in [3.8, 4) is 17.0 Å². The highest BCUT2D eigenvalue weighted by molar-refractivity contribution is 8.93. The van der Waals surface area contributed by atoms with E-state index in [2.05, 4.69) is 21.9 Å². The van der Waals surface area contributed by atoms with Crippen molar-refractivity contribution in [1.82, 2.24) is 4.57 Å². The highest BCUT2D eigenvalue weighted by atomic mass is 79.9.